The van der Waals surface area contributed by atoms with Crippen molar-refractivity contribution in [3.63, 3.8) is 0 Å². The normalized spacial score (nSPS) is 17.6. The van der Waals surface area contributed by atoms with Gasteiger partial charge in [0.2, 0.25) is 11.8 Å². The van der Waals surface area contributed by atoms with Gasteiger partial charge in [-0.15, -0.1) is 0 Å². The minimum atomic E-state index is -1.28. The number of nitriles is 1. The second-order valence-corrected chi connectivity index (χ2v) is 9.35. The van der Waals surface area contributed by atoms with Gasteiger partial charge < -0.3 is 15.4 Å². The highest BCUT2D eigenvalue weighted by Gasteiger charge is 2.45. The van der Waals surface area contributed by atoms with E-state index < -0.39 is 23.7 Å². The molecule has 0 aliphatic carbocycles. The van der Waals surface area contributed by atoms with Crippen LogP contribution in [-0.2, 0) is 19.1 Å². The lowest BCUT2D eigenvalue weighted by Gasteiger charge is -2.31. The lowest BCUT2D eigenvalue weighted by atomic mass is 9.78. The van der Waals surface area contributed by atoms with E-state index in [4.69, 9.17) is 16.3 Å². The topological polar surface area (TPSA) is 108 Å². The highest BCUT2D eigenvalue weighted by atomic mass is 35.5. The fourth-order valence-corrected chi connectivity index (χ4v) is 5.18. The summed E-state index contributed by atoms with van der Waals surface area (Å²) in [7, 11) is 1.18. The van der Waals surface area contributed by atoms with E-state index in [0.717, 1.165) is 34.1 Å². The average Bonchev–Trinajstić information content (AvgIpc) is 2.79. The first kappa shape index (κ1) is 25.3. The fraction of sp³-hybridized carbons (Fsp3) is 0.280. The maximum atomic E-state index is 12.9. The molecule has 1 aliphatic rings. The molecule has 34 heavy (non-hydrogen) atoms. The minimum absolute atomic E-state index is 0.0499. The predicted molar refractivity (Wildman–Crippen MR) is 132 cm³/mol. The Bertz CT molecular complexity index is 1210. The number of carbonyl (C=O) groups excluding carboxylic acids is 3. The number of carbonyl (C=O) groups is 3. The summed E-state index contributed by atoms with van der Waals surface area (Å²) >= 11 is 7.38. The average molecular weight is 498 g/mol. The highest BCUT2D eigenvalue weighted by molar-refractivity contribution is 8.03. The molecule has 9 heteroatoms. The number of methoxy groups -OCH3 is 1. The van der Waals surface area contributed by atoms with Crippen molar-refractivity contribution in [1.82, 2.24) is 5.32 Å². The Morgan fingerprint density at radius 2 is 1.85 bits per heavy atom. The minimum Gasteiger partial charge on any atom is -0.468 e. The van der Waals surface area contributed by atoms with Gasteiger partial charge in [0.05, 0.1) is 29.5 Å². The molecular formula is C25H24ClN3O4S. The number of nitrogens with one attached hydrogen (secondary N) is 2. The molecule has 2 aromatic carbocycles. The van der Waals surface area contributed by atoms with Crippen LogP contribution < -0.4 is 10.6 Å². The van der Waals surface area contributed by atoms with Crippen LogP contribution in [0.4, 0.5) is 5.69 Å². The Labute approximate surface area is 207 Å². The van der Waals surface area contributed by atoms with Gasteiger partial charge in [0.1, 0.15) is 5.92 Å². The Kier molecular flexibility index (Phi) is 8.02. The van der Waals surface area contributed by atoms with Gasteiger partial charge in [0, 0.05) is 16.6 Å². The second kappa shape index (κ2) is 10.8. The van der Waals surface area contributed by atoms with E-state index in [2.05, 4.69) is 16.7 Å². The molecule has 7 nitrogen and oxygen atoms in total. The zero-order valence-electron chi connectivity index (χ0n) is 19.2. The predicted octanol–water partition coefficient (Wildman–Crippen LogP) is 4.37. The summed E-state index contributed by atoms with van der Waals surface area (Å²) in [6, 6.07) is 12.8. The lowest BCUT2D eigenvalue weighted by Crippen LogP contribution is -2.44. The number of hydrogen-bond donors (Lipinski definition) is 2. The van der Waals surface area contributed by atoms with Crippen molar-refractivity contribution in [2.75, 3.05) is 18.2 Å². The summed E-state index contributed by atoms with van der Waals surface area (Å²) in [6.07, 6.45) is 0. The Hall–Kier alpha value is -3.28. The van der Waals surface area contributed by atoms with Crippen LogP contribution in [0.15, 0.2) is 47.0 Å². The summed E-state index contributed by atoms with van der Waals surface area (Å²) in [6.45, 7) is 5.82. The third-order valence-corrected chi connectivity index (χ3v) is 6.87. The molecule has 176 valence electrons. The number of aryl methyl sites for hydroxylation is 3. The van der Waals surface area contributed by atoms with E-state index in [1.54, 1.807) is 24.3 Å². The van der Waals surface area contributed by atoms with E-state index in [1.165, 1.54) is 7.11 Å². The molecule has 1 heterocycles. The molecule has 1 aliphatic heterocycles. The van der Waals surface area contributed by atoms with Crippen molar-refractivity contribution < 1.29 is 19.1 Å². The van der Waals surface area contributed by atoms with Gasteiger partial charge in [-0.3, -0.25) is 14.4 Å². The van der Waals surface area contributed by atoms with Crippen molar-refractivity contribution in [3.05, 3.63) is 74.3 Å². The Morgan fingerprint density at radius 1 is 1.21 bits per heavy atom. The number of allylic oxidation sites excluding steroid dienone is 1. The highest BCUT2D eigenvalue weighted by Crippen LogP contribution is 2.42. The molecule has 2 amide bonds. The molecule has 2 aromatic rings. The van der Waals surface area contributed by atoms with Gasteiger partial charge in [-0.2, -0.15) is 5.26 Å². The molecule has 0 radical (unpaired) electrons. The molecule has 2 atom stereocenters. The molecule has 0 saturated carbocycles. The molecule has 0 spiro atoms. The third kappa shape index (κ3) is 5.27. The van der Waals surface area contributed by atoms with E-state index in [-0.39, 0.29) is 22.3 Å². The van der Waals surface area contributed by atoms with Crippen molar-refractivity contribution in [2.45, 2.75) is 26.7 Å². The van der Waals surface area contributed by atoms with E-state index in [9.17, 15) is 19.6 Å². The molecule has 0 saturated heterocycles. The van der Waals surface area contributed by atoms with E-state index in [1.807, 2.05) is 32.9 Å². The van der Waals surface area contributed by atoms with Crippen molar-refractivity contribution in [1.29, 1.82) is 5.26 Å². The number of hydrogen-bond acceptors (Lipinski definition) is 6. The van der Waals surface area contributed by atoms with Gasteiger partial charge in [0.25, 0.3) is 0 Å². The first-order chi connectivity index (χ1) is 16.2. The number of amides is 2. The first-order valence-electron chi connectivity index (χ1n) is 10.5. The number of esters is 1. The zero-order valence-corrected chi connectivity index (χ0v) is 20.8. The van der Waals surface area contributed by atoms with Gasteiger partial charge >= 0.3 is 5.97 Å². The number of anilines is 1. The molecule has 2 N–H and O–H groups in total. The van der Waals surface area contributed by atoms with Crippen molar-refractivity contribution in [2.24, 2.45) is 5.92 Å². The molecule has 0 fully saturated rings. The molecule has 0 aromatic heterocycles. The fourth-order valence-electron chi connectivity index (χ4n) is 4.07. The van der Waals surface area contributed by atoms with Crippen LogP contribution in [-0.4, -0.2) is 30.6 Å². The summed E-state index contributed by atoms with van der Waals surface area (Å²) in [5.41, 5.74) is 4.32. The lowest BCUT2D eigenvalue weighted by molar-refractivity contribution is -0.150. The third-order valence-electron chi connectivity index (χ3n) is 5.51. The SMILES string of the molecule is COC(=O)[C@H]1C(=O)NC(SCC(=O)Nc2c(C)cc(C)cc2C)=C(C#N)[C@H]1c1ccccc1Cl. The van der Waals surface area contributed by atoms with Crippen molar-refractivity contribution >= 4 is 46.8 Å². The number of halogens is 1. The maximum absolute atomic E-state index is 12.9. The van der Waals surface area contributed by atoms with Gasteiger partial charge in [-0.05, 0) is 43.5 Å². The summed E-state index contributed by atoms with van der Waals surface area (Å²) in [5, 5.41) is 16.0. The second-order valence-electron chi connectivity index (χ2n) is 7.95. The van der Waals surface area contributed by atoms with Crippen LogP contribution in [0.1, 0.15) is 28.2 Å². The summed E-state index contributed by atoms with van der Waals surface area (Å²) in [4.78, 5) is 38.1. The molecule has 3 rings (SSSR count). The molecule has 0 unspecified atom stereocenters. The van der Waals surface area contributed by atoms with Crippen LogP contribution in [0.2, 0.25) is 5.02 Å². The first-order valence-corrected chi connectivity index (χ1v) is 11.8. The van der Waals surface area contributed by atoms with Crippen LogP contribution in [0.5, 0.6) is 0 Å². The summed E-state index contributed by atoms with van der Waals surface area (Å²) < 4.78 is 4.83. The van der Waals surface area contributed by atoms with E-state index in [0.29, 0.717) is 10.6 Å². The molecular weight excluding hydrogens is 474 g/mol. The molecule has 0 bridgehead atoms. The van der Waals surface area contributed by atoms with Crippen LogP contribution in [0.25, 0.3) is 0 Å². The number of rotatable bonds is 6. The Balaban J connectivity index is 1.91. The number of benzene rings is 2. The largest absolute Gasteiger partial charge is 0.468 e. The zero-order chi connectivity index (χ0) is 25.0. The smallest absolute Gasteiger partial charge is 0.319 e. The van der Waals surface area contributed by atoms with Crippen molar-refractivity contribution in [3.8, 4) is 6.07 Å². The maximum Gasteiger partial charge on any atom is 0.319 e. The number of nitrogens with zero attached hydrogens (tertiary/aromatic N) is 1. The van der Waals surface area contributed by atoms with Crippen LogP contribution >= 0.6 is 23.4 Å². The van der Waals surface area contributed by atoms with Gasteiger partial charge in [-0.25, -0.2) is 0 Å². The van der Waals surface area contributed by atoms with E-state index >= 15 is 0 Å². The van der Waals surface area contributed by atoms with Crippen LogP contribution in [0.3, 0.4) is 0 Å². The van der Waals surface area contributed by atoms with Gasteiger partial charge in [-0.1, -0.05) is 59.3 Å². The van der Waals surface area contributed by atoms with Gasteiger partial charge in [0.15, 0.2) is 0 Å². The summed E-state index contributed by atoms with van der Waals surface area (Å²) in [5.74, 6) is -3.96. The quantitative estimate of drug-likeness (QED) is 0.453. The number of thioether (sulfide) groups is 1. The van der Waals surface area contributed by atoms with Crippen LogP contribution in [0, 0.1) is 38.0 Å². The monoisotopic (exact) mass is 497 g/mol. The Morgan fingerprint density at radius 3 is 2.44 bits per heavy atom. The standard InChI is InChI=1S/C25H24ClN3O4S/c1-13-9-14(2)22(15(3)10-13)28-19(30)12-34-24-17(11-27)20(16-7-5-6-8-18(16)26)21(23(31)29-24)25(32)33-4/h5-10,20-21H,12H2,1-4H3,(H,28,30)(H,29,31)/t20-,21-/m1/s1. The number of ether oxygens (including phenoxy) is 1.